The van der Waals surface area contributed by atoms with Gasteiger partial charge in [0.15, 0.2) is 4.90 Å². The van der Waals surface area contributed by atoms with Gasteiger partial charge in [-0.15, -0.1) is 0 Å². The van der Waals surface area contributed by atoms with Crippen LogP contribution in [0.3, 0.4) is 0 Å². The van der Waals surface area contributed by atoms with Crippen LogP contribution in [0.1, 0.15) is 19.3 Å². The first-order chi connectivity index (χ1) is 9.85. The standard InChI is InChI=1S/C12H16ClN3O4S/c13-9-4-5-11(16(17)18)12(6-9)21(19,20)15-10-3-1-2-8(10)7-14/h4-6,8,10,15H,1-3,7,14H2. The number of nitrogens with one attached hydrogen (secondary N) is 1. The fourth-order valence-corrected chi connectivity index (χ4v) is 4.36. The summed E-state index contributed by atoms with van der Waals surface area (Å²) in [6.45, 7) is 0.380. The van der Waals surface area contributed by atoms with Gasteiger partial charge in [-0.1, -0.05) is 18.0 Å². The van der Waals surface area contributed by atoms with Crippen molar-refractivity contribution in [3.05, 3.63) is 33.3 Å². The normalized spacial score (nSPS) is 22.4. The smallest absolute Gasteiger partial charge is 0.289 e. The third kappa shape index (κ3) is 3.52. The van der Waals surface area contributed by atoms with E-state index in [1.807, 2.05) is 0 Å². The highest BCUT2D eigenvalue weighted by Crippen LogP contribution is 2.30. The fraction of sp³-hybridized carbons (Fsp3) is 0.500. The second-order valence-corrected chi connectivity index (χ2v) is 7.14. The van der Waals surface area contributed by atoms with Crippen LogP contribution < -0.4 is 10.5 Å². The molecule has 0 amide bonds. The first-order valence-corrected chi connectivity index (χ1v) is 8.37. The van der Waals surface area contributed by atoms with Crippen LogP contribution in [-0.2, 0) is 10.0 Å². The van der Waals surface area contributed by atoms with Crippen LogP contribution in [0.5, 0.6) is 0 Å². The Hall–Kier alpha value is -1.22. The van der Waals surface area contributed by atoms with E-state index in [2.05, 4.69) is 4.72 Å². The van der Waals surface area contributed by atoms with E-state index in [-0.39, 0.29) is 17.0 Å². The molecule has 7 nitrogen and oxygen atoms in total. The van der Waals surface area contributed by atoms with Crippen molar-refractivity contribution in [2.45, 2.75) is 30.2 Å². The van der Waals surface area contributed by atoms with Crippen molar-refractivity contribution in [1.82, 2.24) is 4.72 Å². The molecule has 1 fully saturated rings. The van der Waals surface area contributed by atoms with Gasteiger partial charge < -0.3 is 5.73 Å². The molecule has 2 unspecified atom stereocenters. The highest BCUT2D eigenvalue weighted by molar-refractivity contribution is 7.89. The second kappa shape index (κ2) is 6.27. The summed E-state index contributed by atoms with van der Waals surface area (Å²) in [6, 6.07) is 3.18. The van der Waals surface area contributed by atoms with Gasteiger partial charge in [0.25, 0.3) is 5.69 Å². The molecule has 3 N–H and O–H groups in total. The zero-order valence-corrected chi connectivity index (χ0v) is 12.7. The molecule has 0 saturated heterocycles. The van der Waals surface area contributed by atoms with E-state index < -0.39 is 25.5 Å². The zero-order chi connectivity index (χ0) is 15.6. The maximum atomic E-state index is 12.4. The molecule has 0 radical (unpaired) electrons. The van der Waals surface area contributed by atoms with Crippen LogP contribution in [-0.4, -0.2) is 25.9 Å². The molecule has 21 heavy (non-hydrogen) atoms. The van der Waals surface area contributed by atoms with Crippen molar-refractivity contribution in [2.75, 3.05) is 6.54 Å². The number of nitrogens with zero attached hydrogens (tertiary/aromatic N) is 1. The number of sulfonamides is 1. The van der Waals surface area contributed by atoms with E-state index in [4.69, 9.17) is 17.3 Å². The van der Waals surface area contributed by atoms with E-state index in [0.29, 0.717) is 13.0 Å². The molecule has 9 heteroatoms. The maximum Gasteiger partial charge on any atom is 0.289 e. The van der Waals surface area contributed by atoms with Crippen molar-refractivity contribution >= 4 is 27.3 Å². The Morgan fingerprint density at radius 3 is 2.76 bits per heavy atom. The highest BCUT2D eigenvalue weighted by atomic mass is 35.5. The minimum Gasteiger partial charge on any atom is -0.330 e. The lowest BCUT2D eigenvalue weighted by Crippen LogP contribution is -2.40. The minimum atomic E-state index is -4.02. The Labute approximate surface area is 127 Å². The Kier molecular flexibility index (Phi) is 4.82. The maximum absolute atomic E-state index is 12.4. The summed E-state index contributed by atoms with van der Waals surface area (Å²) in [4.78, 5) is 9.84. The SMILES string of the molecule is NCC1CCCC1NS(=O)(=O)c1cc(Cl)ccc1[N+](=O)[O-]. The molecular formula is C12H16ClN3O4S. The van der Waals surface area contributed by atoms with Gasteiger partial charge in [-0.25, -0.2) is 13.1 Å². The number of nitro benzene ring substituents is 1. The van der Waals surface area contributed by atoms with Crippen molar-refractivity contribution in [3.8, 4) is 0 Å². The van der Waals surface area contributed by atoms with Crippen molar-refractivity contribution in [2.24, 2.45) is 11.7 Å². The average Bonchev–Trinajstić information content (AvgIpc) is 2.84. The van der Waals surface area contributed by atoms with Gasteiger partial charge in [0, 0.05) is 17.1 Å². The summed E-state index contributed by atoms with van der Waals surface area (Å²) >= 11 is 5.77. The third-order valence-corrected chi connectivity index (χ3v) is 5.43. The average molecular weight is 334 g/mol. The molecule has 0 spiro atoms. The molecule has 1 saturated carbocycles. The van der Waals surface area contributed by atoms with Crippen molar-refractivity contribution < 1.29 is 13.3 Å². The Bertz CT molecular complexity index is 650. The van der Waals surface area contributed by atoms with E-state index in [1.165, 1.54) is 6.07 Å². The number of nitro groups is 1. The predicted octanol–water partition coefficient (Wildman–Crippen LogP) is 1.65. The number of benzene rings is 1. The number of nitrogens with two attached hydrogens (primary N) is 1. The van der Waals surface area contributed by atoms with Gasteiger partial charge in [0.1, 0.15) is 0 Å². The molecule has 0 bridgehead atoms. The van der Waals surface area contributed by atoms with Crippen molar-refractivity contribution in [3.63, 3.8) is 0 Å². The molecule has 1 aliphatic carbocycles. The van der Waals surface area contributed by atoms with E-state index >= 15 is 0 Å². The summed E-state index contributed by atoms with van der Waals surface area (Å²) in [5.74, 6) is 0.0537. The summed E-state index contributed by atoms with van der Waals surface area (Å²) in [7, 11) is -4.02. The second-order valence-electron chi connectivity index (χ2n) is 5.02. The van der Waals surface area contributed by atoms with Crippen LogP contribution >= 0.6 is 11.6 Å². The molecule has 2 rings (SSSR count). The summed E-state index contributed by atoms with van der Waals surface area (Å²) in [5.41, 5.74) is 5.13. The van der Waals surface area contributed by atoms with Gasteiger partial charge in [0.2, 0.25) is 10.0 Å². The summed E-state index contributed by atoms with van der Waals surface area (Å²) < 4.78 is 27.3. The van der Waals surface area contributed by atoms with E-state index in [1.54, 1.807) is 0 Å². The molecule has 1 aliphatic rings. The van der Waals surface area contributed by atoms with Crippen LogP contribution in [0.15, 0.2) is 23.1 Å². The number of halogens is 1. The van der Waals surface area contributed by atoms with Gasteiger partial charge in [-0.05, 0) is 37.4 Å². The molecule has 116 valence electrons. The number of hydrogen-bond donors (Lipinski definition) is 2. The lowest BCUT2D eigenvalue weighted by molar-refractivity contribution is -0.387. The first kappa shape index (κ1) is 16.2. The lowest BCUT2D eigenvalue weighted by atomic mass is 10.1. The third-order valence-electron chi connectivity index (χ3n) is 3.68. The number of hydrogen-bond acceptors (Lipinski definition) is 5. The summed E-state index contributed by atoms with van der Waals surface area (Å²) in [5, 5.41) is 11.1. The van der Waals surface area contributed by atoms with Gasteiger partial charge in [-0.3, -0.25) is 10.1 Å². The summed E-state index contributed by atoms with van der Waals surface area (Å²) in [6.07, 6.45) is 2.41. The first-order valence-electron chi connectivity index (χ1n) is 6.51. The largest absolute Gasteiger partial charge is 0.330 e. The molecule has 1 aromatic carbocycles. The van der Waals surface area contributed by atoms with E-state index in [9.17, 15) is 18.5 Å². The van der Waals surface area contributed by atoms with Gasteiger partial charge in [-0.2, -0.15) is 0 Å². The van der Waals surface area contributed by atoms with Crippen molar-refractivity contribution in [1.29, 1.82) is 0 Å². The van der Waals surface area contributed by atoms with Crippen LogP contribution in [0.4, 0.5) is 5.69 Å². The Morgan fingerprint density at radius 1 is 1.43 bits per heavy atom. The quantitative estimate of drug-likeness (QED) is 0.628. The molecule has 2 atom stereocenters. The zero-order valence-electron chi connectivity index (χ0n) is 11.2. The topological polar surface area (TPSA) is 115 Å². The molecule has 0 aromatic heterocycles. The molecule has 0 aliphatic heterocycles. The molecule has 0 heterocycles. The van der Waals surface area contributed by atoms with Gasteiger partial charge in [0.05, 0.1) is 4.92 Å². The minimum absolute atomic E-state index is 0.0537. The van der Waals surface area contributed by atoms with E-state index in [0.717, 1.165) is 25.0 Å². The molecule has 1 aromatic rings. The van der Waals surface area contributed by atoms with Crippen LogP contribution in [0.2, 0.25) is 5.02 Å². The highest BCUT2D eigenvalue weighted by Gasteiger charge is 2.33. The van der Waals surface area contributed by atoms with Gasteiger partial charge >= 0.3 is 0 Å². The Morgan fingerprint density at radius 2 is 2.14 bits per heavy atom. The fourth-order valence-electron chi connectivity index (χ4n) is 2.59. The number of rotatable bonds is 5. The monoisotopic (exact) mass is 333 g/mol. The lowest BCUT2D eigenvalue weighted by Gasteiger charge is -2.19. The molecular weight excluding hydrogens is 318 g/mol. The van der Waals surface area contributed by atoms with Crippen LogP contribution in [0.25, 0.3) is 0 Å². The Balaban J connectivity index is 2.35. The van der Waals surface area contributed by atoms with Crippen LogP contribution in [0, 0.1) is 16.0 Å². The predicted molar refractivity (Wildman–Crippen MR) is 78.6 cm³/mol.